The van der Waals surface area contributed by atoms with Crippen molar-refractivity contribution in [3.05, 3.63) is 29.3 Å². The second kappa shape index (κ2) is 6.80. The molecule has 0 saturated heterocycles. The molecule has 0 aliphatic carbocycles. The van der Waals surface area contributed by atoms with Gasteiger partial charge in [-0.3, -0.25) is 4.79 Å². The molecule has 0 atom stereocenters. The largest absolute Gasteiger partial charge is 0.550 e. The van der Waals surface area contributed by atoms with E-state index in [1.165, 1.54) is 0 Å². The van der Waals surface area contributed by atoms with Crippen LogP contribution < -0.4 is 10.8 Å². The zero-order valence-corrected chi connectivity index (χ0v) is 8.53. The molecule has 1 aromatic rings. The summed E-state index contributed by atoms with van der Waals surface area (Å²) in [4.78, 5) is 18.7. The predicted molar refractivity (Wildman–Crippen MR) is 51.3 cm³/mol. The van der Waals surface area contributed by atoms with Crippen LogP contribution in [0.1, 0.15) is 6.42 Å². The van der Waals surface area contributed by atoms with Crippen molar-refractivity contribution in [2.45, 2.75) is 6.42 Å². The van der Waals surface area contributed by atoms with E-state index in [9.17, 15) is 14.7 Å². The third-order valence-electron chi connectivity index (χ3n) is 1.21. The lowest BCUT2D eigenvalue weighted by atomic mass is 10.3. The minimum absolute atomic E-state index is 0.761. The van der Waals surface area contributed by atoms with Crippen LogP contribution in [-0.2, 0) is 9.59 Å². The predicted octanol–water partition coefficient (Wildman–Crippen LogP) is -0.576. The standard InChI is InChI=1S/C6H6ClN.C3H4O4/c7-5-1-3-6(8)4-2-5;4-2(5)1-3(6)7/h1-4H,8H2;1H2,(H,4,5)(H,6,7). The Morgan fingerprint density at radius 3 is 2.00 bits per heavy atom. The number of aliphatic carboxylic acids is 2. The summed E-state index contributed by atoms with van der Waals surface area (Å²) in [5, 5.41) is 17.7. The number of carboxylic acid groups (broad SMARTS) is 2. The lowest BCUT2D eigenvalue weighted by Gasteiger charge is -1.91. The van der Waals surface area contributed by atoms with Crippen molar-refractivity contribution in [1.82, 2.24) is 0 Å². The average Bonchev–Trinajstić information content (AvgIpc) is 2.09. The van der Waals surface area contributed by atoms with Gasteiger partial charge in [0.1, 0.15) is 5.69 Å². The zero-order chi connectivity index (χ0) is 11.8. The number of rotatable bonds is 2. The molecule has 6 heteroatoms. The third-order valence-corrected chi connectivity index (χ3v) is 1.46. The number of carbonyl (C=O) groups is 2. The van der Waals surface area contributed by atoms with Gasteiger partial charge in [-0.1, -0.05) is 11.6 Å². The van der Waals surface area contributed by atoms with Crippen LogP contribution in [0, 0.1) is 0 Å². The normalized spacial score (nSPS) is 8.67. The van der Waals surface area contributed by atoms with E-state index in [1.807, 2.05) is 24.3 Å². The van der Waals surface area contributed by atoms with Gasteiger partial charge in [-0.05, 0) is 12.1 Å². The molecule has 0 radical (unpaired) electrons. The monoisotopic (exact) mass is 231 g/mol. The van der Waals surface area contributed by atoms with E-state index in [4.69, 9.17) is 16.7 Å². The molecule has 0 aliphatic heterocycles. The zero-order valence-electron chi connectivity index (χ0n) is 7.77. The second-order valence-electron chi connectivity index (χ2n) is 2.57. The van der Waals surface area contributed by atoms with Gasteiger partial charge >= 0.3 is 5.97 Å². The summed E-state index contributed by atoms with van der Waals surface area (Å²) in [7, 11) is 0. The number of carbonyl (C=O) groups excluding carboxylic acids is 1. The first kappa shape index (κ1) is 13.4. The van der Waals surface area contributed by atoms with Gasteiger partial charge in [0, 0.05) is 17.2 Å². The summed E-state index contributed by atoms with van der Waals surface area (Å²) < 4.78 is 0. The third kappa shape index (κ3) is 8.73. The molecular formula is C9H10ClNO4. The molecule has 15 heavy (non-hydrogen) atoms. The van der Waals surface area contributed by atoms with E-state index in [0.29, 0.717) is 0 Å². The van der Waals surface area contributed by atoms with Crippen LogP contribution in [0.4, 0.5) is 5.69 Å². The highest BCUT2D eigenvalue weighted by Gasteiger charge is 1.92. The molecular weight excluding hydrogens is 222 g/mol. The molecule has 82 valence electrons. The lowest BCUT2D eigenvalue weighted by Crippen LogP contribution is -2.39. The van der Waals surface area contributed by atoms with Gasteiger partial charge in [-0.15, -0.1) is 0 Å². The Hall–Kier alpha value is -1.59. The Morgan fingerprint density at radius 2 is 1.80 bits per heavy atom. The number of carboxylic acids is 2. The molecule has 0 heterocycles. The first-order chi connectivity index (χ1) is 6.91. The fourth-order valence-corrected chi connectivity index (χ4v) is 0.734. The molecule has 0 spiro atoms. The summed E-state index contributed by atoms with van der Waals surface area (Å²) in [5.74, 6) is -2.94. The highest BCUT2D eigenvalue weighted by Crippen LogP contribution is 2.08. The smallest absolute Gasteiger partial charge is 0.309 e. The van der Waals surface area contributed by atoms with Crippen molar-refractivity contribution in [2.75, 3.05) is 0 Å². The molecule has 0 saturated carbocycles. The number of halogens is 1. The topological polar surface area (TPSA) is 105 Å². The molecule has 0 aromatic heterocycles. The Bertz CT molecular complexity index is 303. The molecule has 1 aromatic carbocycles. The molecule has 5 nitrogen and oxygen atoms in total. The van der Waals surface area contributed by atoms with Gasteiger partial charge in [-0.2, -0.15) is 0 Å². The fraction of sp³-hybridized carbons (Fsp3) is 0.111. The van der Waals surface area contributed by atoms with Crippen LogP contribution in [-0.4, -0.2) is 17.0 Å². The maximum absolute atomic E-state index is 9.39. The number of quaternary nitrogens is 1. The first-order valence-corrected chi connectivity index (χ1v) is 4.28. The van der Waals surface area contributed by atoms with Crippen LogP contribution in [0.5, 0.6) is 0 Å². The van der Waals surface area contributed by atoms with E-state index in [-0.39, 0.29) is 0 Å². The van der Waals surface area contributed by atoms with Gasteiger partial charge in [-0.25, -0.2) is 0 Å². The van der Waals surface area contributed by atoms with Crippen LogP contribution in [0.3, 0.4) is 0 Å². The Labute approximate surface area is 91.1 Å². The summed E-state index contributed by atoms with van der Waals surface area (Å²) >= 11 is 5.58. The molecule has 0 fully saturated rings. The Balaban J connectivity index is 0.000000265. The summed E-state index contributed by atoms with van der Waals surface area (Å²) in [6, 6.07) is 7.40. The van der Waals surface area contributed by atoms with E-state index in [0.717, 1.165) is 10.7 Å². The van der Waals surface area contributed by atoms with E-state index in [2.05, 4.69) is 5.73 Å². The van der Waals surface area contributed by atoms with Crippen LogP contribution in [0.2, 0.25) is 5.02 Å². The quantitative estimate of drug-likeness (QED) is 0.665. The second-order valence-corrected chi connectivity index (χ2v) is 3.01. The number of hydrogen-bond donors (Lipinski definition) is 2. The summed E-state index contributed by atoms with van der Waals surface area (Å²) in [5.41, 5.74) is 4.70. The maximum atomic E-state index is 9.39. The minimum atomic E-state index is -1.56. The Morgan fingerprint density at radius 1 is 1.33 bits per heavy atom. The van der Waals surface area contributed by atoms with Gasteiger partial charge in [0.15, 0.2) is 0 Å². The number of benzene rings is 1. The van der Waals surface area contributed by atoms with Crippen LogP contribution in [0.15, 0.2) is 24.3 Å². The van der Waals surface area contributed by atoms with E-state index >= 15 is 0 Å². The van der Waals surface area contributed by atoms with E-state index < -0.39 is 18.4 Å². The highest BCUT2D eigenvalue weighted by molar-refractivity contribution is 6.30. The molecule has 0 unspecified atom stereocenters. The molecule has 1 rings (SSSR count). The molecule has 4 N–H and O–H groups in total. The maximum Gasteiger partial charge on any atom is 0.309 e. The van der Waals surface area contributed by atoms with Gasteiger partial charge in [0.05, 0.1) is 12.4 Å². The first-order valence-electron chi connectivity index (χ1n) is 3.91. The summed E-state index contributed by atoms with van der Waals surface area (Å²) in [6.07, 6.45) is -0.917. The average molecular weight is 232 g/mol. The van der Waals surface area contributed by atoms with E-state index in [1.54, 1.807) is 0 Å². The van der Waals surface area contributed by atoms with Crippen LogP contribution >= 0.6 is 11.6 Å². The Kier molecular flexibility index (Phi) is 6.08. The molecule has 0 bridgehead atoms. The van der Waals surface area contributed by atoms with Crippen molar-refractivity contribution in [3.63, 3.8) is 0 Å². The van der Waals surface area contributed by atoms with Gasteiger partial charge < -0.3 is 20.7 Å². The van der Waals surface area contributed by atoms with Crippen molar-refractivity contribution in [1.29, 1.82) is 0 Å². The van der Waals surface area contributed by atoms with Crippen molar-refractivity contribution in [3.8, 4) is 0 Å². The highest BCUT2D eigenvalue weighted by atomic mass is 35.5. The lowest BCUT2D eigenvalue weighted by molar-refractivity contribution is -0.305. The van der Waals surface area contributed by atoms with Gasteiger partial charge in [0.25, 0.3) is 0 Å². The van der Waals surface area contributed by atoms with Crippen LogP contribution in [0.25, 0.3) is 0 Å². The SMILES string of the molecule is O=C([O-])CC(=O)O.[NH3+]c1ccc(Cl)cc1. The van der Waals surface area contributed by atoms with Gasteiger partial charge in [0.2, 0.25) is 0 Å². The number of hydrogen-bond acceptors (Lipinski definition) is 3. The van der Waals surface area contributed by atoms with Crippen molar-refractivity contribution < 1.29 is 25.5 Å². The minimum Gasteiger partial charge on any atom is -0.550 e. The summed E-state index contributed by atoms with van der Waals surface area (Å²) in [6.45, 7) is 0. The van der Waals surface area contributed by atoms with Crippen molar-refractivity contribution in [2.24, 2.45) is 0 Å². The fourth-order valence-electron chi connectivity index (χ4n) is 0.608. The van der Waals surface area contributed by atoms with Crippen molar-refractivity contribution >= 4 is 29.2 Å². The molecule has 0 aliphatic rings. The molecule has 0 amide bonds.